The van der Waals surface area contributed by atoms with Crippen LogP contribution in [0.3, 0.4) is 0 Å². The average molecular weight is 273 g/mol. The molecule has 2 atom stereocenters. The monoisotopic (exact) mass is 273 g/mol. The Morgan fingerprint density at radius 2 is 2.21 bits per heavy atom. The van der Waals surface area contributed by atoms with Crippen LogP contribution in [0.25, 0.3) is 0 Å². The number of ether oxygens (including phenoxy) is 1. The summed E-state index contributed by atoms with van der Waals surface area (Å²) < 4.78 is 4.51. The van der Waals surface area contributed by atoms with Crippen molar-refractivity contribution in [3.8, 4) is 0 Å². The number of carbonyl (C=O) groups is 4. The first kappa shape index (κ1) is 14.9. The highest BCUT2D eigenvalue weighted by atomic mass is 16.5. The standard InChI is InChI=1S/C10H15N3O6/c1-2-19-9(18)12-8(17)13-5-10(11,7(15)16)3-6(13)4-14/h4,6H,2-3,5,11H2,1H3,(H,15,16)(H,12,17,18)/t6-,10+/m0/s1. The number of likely N-dealkylation sites (tertiary alicyclic amines) is 1. The number of rotatable bonds is 3. The zero-order valence-electron chi connectivity index (χ0n) is 10.3. The number of aliphatic carboxylic acids is 1. The summed E-state index contributed by atoms with van der Waals surface area (Å²) in [4.78, 5) is 45.5. The largest absolute Gasteiger partial charge is 0.480 e. The maximum absolute atomic E-state index is 11.7. The number of nitrogens with two attached hydrogens (primary N) is 1. The number of carbonyl (C=O) groups excluding carboxylic acids is 3. The van der Waals surface area contributed by atoms with E-state index < -0.39 is 29.7 Å². The Morgan fingerprint density at radius 3 is 2.68 bits per heavy atom. The maximum atomic E-state index is 11.7. The van der Waals surface area contributed by atoms with Gasteiger partial charge in [-0.25, -0.2) is 14.9 Å². The molecule has 0 radical (unpaired) electrons. The van der Waals surface area contributed by atoms with Crippen LogP contribution < -0.4 is 11.1 Å². The van der Waals surface area contributed by atoms with Gasteiger partial charge in [0.2, 0.25) is 0 Å². The number of hydrogen-bond donors (Lipinski definition) is 3. The second-order valence-electron chi connectivity index (χ2n) is 4.15. The van der Waals surface area contributed by atoms with Crippen molar-refractivity contribution < 1.29 is 29.0 Å². The number of alkyl carbamates (subject to hydrolysis) is 1. The van der Waals surface area contributed by atoms with Crippen LogP contribution in [-0.4, -0.2) is 59.1 Å². The van der Waals surface area contributed by atoms with Crippen molar-refractivity contribution in [2.75, 3.05) is 13.2 Å². The van der Waals surface area contributed by atoms with Crippen LogP contribution in [0, 0.1) is 0 Å². The first-order valence-electron chi connectivity index (χ1n) is 5.56. The summed E-state index contributed by atoms with van der Waals surface area (Å²) in [7, 11) is 0. The Kier molecular flexibility index (Phi) is 4.43. The van der Waals surface area contributed by atoms with Crippen LogP contribution in [0.1, 0.15) is 13.3 Å². The van der Waals surface area contributed by atoms with Crippen molar-refractivity contribution in [3.05, 3.63) is 0 Å². The van der Waals surface area contributed by atoms with Crippen LogP contribution in [0.2, 0.25) is 0 Å². The molecule has 1 saturated heterocycles. The van der Waals surface area contributed by atoms with Crippen LogP contribution in [0.4, 0.5) is 9.59 Å². The van der Waals surface area contributed by atoms with Gasteiger partial charge in [0.05, 0.1) is 19.2 Å². The molecule has 0 aromatic heterocycles. The van der Waals surface area contributed by atoms with Gasteiger partial charge in [-0.3, -0.25) is 4.79 Å². The van der Waals surface area contributed by atoms with Crippen LogP contribution in [0.15, 0.2) is 0 Å². The highest BCUT2D eigenvalue weighted by molar-refractivity contribution is 5.93. The first-order chi connectivity index (χ1) is 8.84. The van der Waals surface area contributed by atoms with Gasteiger partial charge < -0.3 is 25.3 Å². The molecular weight excluding hydrogens is 258 g/mol. The topological polar surface area (TPSA) is 139 Å². The number of nitrogens with one attached hydrogen (secondary N) is 1. The van der Waals surface area contributed by atoms with Crippen molar-refractivity contribution in [1.29, 1.82) is 0 Å². The van der Waals surface area contributed by atoms with Crippen molar-refractivity contribution in [1.82, 2.24) is 10.2 Å². The van der Waals surface area contributed by atoms with Crippen molar-refractivity contribution in [3.63, 3.8) is 0 Å². The second kappa shape index (κ2) is 5.65. The molecule has 106 valence electrons. The fourth-order valence-electron chi connectivity index (χ4n) is 1.79. The van der Waals surface area contributed by atoms with E-state index in [4.69, 9.17) is 10.8 Å². The molecule has 0 aliphatic carbocycles. The second-order valence-corrected chi connectivity index (χ2v) is 4.15. The normalized spacial score (nSPS) is 25.8. The predicted molar refractivity (Wildman–Crippen MR) is 61.3 cm³/mol. The molecule has 1 rings (SSSR count). The quantitative estimate of drug-likeness (QED) is 0.555. The minimum Gasteiger partial charge on any atom is -0.480 e. The van der Waals surface area contributed by atoms with Gasteiger partial charge in [-0.1, -0.05) is 0 Å². The van der Waals surface area contributed by atoms with Gasteiger partial charge in [0.15, 0.2) is 0 Å². The lowest BCUT2D eigenvalue weighted by molar-refractivity contribution is -0.142. The first-order valence-corrected chi connectivity index (χ1v) is 5.56. The zero-order chi connectivity index (χ0) is 14.6. The number of aldehydes is 1. The SMILES string of the molecule is CCOC(=O)NC(=O)N1C[C@@](N)(C(=O)O)C[C@H]1C=O. The predicted octanol–water partition coefficient (Wildman–Crippen LogP) is -1.09. The molecule has 9 nitrogen and oxygen atoms in total. The highest BCUT2D eigenvalue weighted by Gasteiger charge is 2.48. The average Bonchev–Trinajstić information content (AvgIpc) is 2.68. The summed E-state index contributed by atoms with van der Waals surface area (Å²) >= 11 is 0. The van der Waals surface area contributed by atoms with Crippen molar-refractivity contribution >= 4 is 24.4 Å². The number of nitrogens with zero attached hydrogens (tertiary/aromatic N) is 1. The molecule has 1 aliphatic rings. The molecule has 9 heteroatoms. The molecule has 0 aromatic rings. The summed E-state index contributed by atoms with van der Waals surface area (Å²) in [6, 6.07) is -1.90. The number of imide groups is 1. The number of carboxylic acid groups (broad SMARTS) is 1. The van der Waals surface area contributed by atoms with E-state index in [1.165, 1.54) is 0 Å². The third-order valence-electron chi connectivity index (χ3n) is 2.75. The Bertz CT molecular complexity index is 412. The third-order valence-corrected chi connectivity index (χ3v) is 2.75. The minimum absolute atomic E-state index is 0.0756. The van der Waals surface area contributed by atoms with E-state index >= 15 is 0 Å². The zero-order valence-corrected chi connectivity index (χ0v) is 10.3. The smallest absolute Gasteiger partial charge is 0.415 e. The lowest BCUT2D eigenvalue weighted by Crippen LogP contribution is -2.52. The Labute approximate surface area is 108 Å². The maximum Gasteiger partial charge on any atom is 0.415 e. The van der Waals surface area contributed by atoms with Gasteiger partial charge in [-0.2, -0.15) is 0 Å². The van der Waals surface area contributed by atoms with E-state index in [-0.39, 0.29) is 19.6 Å². The van der Waals surface area contributed by atoms with Gasteiger partial charge in [-0.05, 0) is 6.92 Å². The number of urea groups is 1. The molecule has 1 fully saturated rings. The summed E-state index contributed by atoms with van der Waals surface area (Å²) in [5.74, 6) is -1.31. The summed E-state index contributed by atoms with van der Waals surface area (Å²) in [6.45, 7) is 1.27. The Morgan fingerprint density at radius 1 is 1.58 bits per heavy atom. The fourth-order valence-corrected chi connectivity index (χ4v) is 1.79. The number of amides is 3. The van der Waals surface area contributed by atoms with Crippen LogP contribution in [-0.2, 0) is 14.3 Å². The molecule has 0 aromatic carbocycles. The van der Waals surface area contributed by atoms with Gasteiger partial charge in [0.25, 0.3) is 0 Å². The molecule has 1 heterocycles. The van der Waals surface area contributed by atoms with Gasteiger partial charge in [0, 0.05) is 6.42 Å². The van der Waals surface area contributed by atoms with Crippen LogP contribution >= 0.6 is 0 Å². The number of hydrogen-bond acceptors (Lipinski definition) is 6. The molecule has 19 heavy (non-hydrogen) atoms. The molecule has 0 bridgehead atoms. The molecular formula is C10H15N3O6. The van der Waals surface area contributed by atoms with E-state index in [1.54, 1.807) is 6.92 Å². The Hall–Kier alpha value is -2.16. The molecule has 0 unspecified atom stereocenters. The third kappa shape index (κ3) is 3.19. The van der Waals surface area contributed by atoms with Crippen LogP contribution in [0.5, 0.6) is 0 Å². The highest BCUT2D eigenvalue weighted by Crippen LogP contribution is 2.24. The van der Waals surface area contributed by atoms with E-state index in [9.17, 15) is 19.2 Å². The lowest BCUT2D eigenvalue weighted by atomic mass is 9.98. The molecule has 0 saturated carbocycles. The summed E-state index contributed by atoms with van der Waals surface area (Å²) in [6.07, 6.45) is -0.758. The molecule has 4 N–H and O–H groups in total. The van der Waals surface area contributed by atoms with E-state index in [2.05, 4.69) is 4.74 Å². The minimum atomic E-state index is -1.70. The van der Waals surface area contributed by atoms with E-state index in [0.717, 1.165) is 4.90 Å². The summed E-state index contributed by atoms with van der Waals surface area (Å²) in [5, 5.41) is 10.8. The fraction of sp³-hybridized carbons (Fsp3) is 0.600. The van der Waals surface area contributed by atoms with Gasteiger partial charge in [-0.15, -0.1) is 0 Å². The van der Waals surface area contributed by atoms with Gasteiger partial charge in [0.1, 0.15) is 11.8 Å². The van der Waals surface area contributed by atoms with Crippen molar-refractivity contribution in [2.45, 2.75) is 24.9 Å². The lowest BCUT2D eigenvalue weighted by Gasteiger charge is -2.21. The molecule has 0 spiro atoms. The molecule has 3 amide bonds. The Balaban J connectivity index is 2.76. The van der Waals surface area contributed by atoms with E-state index in [0.29, 0.717) is 6.29 Å². The van der Waals surface area contributed by atoms with Crippen molar-refractivity contribution in [2.24, 2.45) is 5.73 Å². The number of carboxylic acids is 1. The summed E-state index contributed by atoms with van der Waals surface area (Å²) in [5.41, 5.74) is 3.89. The molecule has 1 aliphatic heterocycles. The van der Waals surface area contributed by atoms with E-state index in [1.807, 2.05) is 5.32 Å². The van der Waals surface area contributed by atoms with Gasteiger partial charge >= 0.3 is 18.1 Å².